The minimum Gasteiger partial charge on any atom is -0.478 e. The zero-order valence-electron chi connectivity index (χ0n) is 10.8. The first-order chi connectivity index (χ1) is 9.56. The Morgan fingerprint density at radius 2 is 2.40 bits per heavy atom. The van der Waals surface area contributed by atoms with E-state index in [9.17, 15) is 4.79 Å². The molecule has 104 valence electrons. The van der Waals surface area contributed by atoms with E-state index in [1.807, 2.05) is 0 Å². The highest BCUT2D eigenvalue weighted by Gasteiger charge is 2.23. The summed E-state index contributed by atoms with van der Waals surface area (Å²) in [5.74, 6) is 0.200. The Morgan fingerprint density at radius 3 is 3.10 bits per heavy atom. The maximum Gasteiger partial charge on any atom is 0.293 e. The minimum absolute atomic E-state index is 0.121. The molecule has 3 rings (SSSR count). The summed E-state index contributed by atoms with van der Waals surface area (Å²) in [5.41, 5.74) is 1.69. The Morgan fingerprint density at radius 1 is 1.60 bits per heavy atom. The molecule has 1 fully saturated rings. The van der Waals surface area contributed by atoms with Crippen LogP contribution >= 0.6 is 11.6 Å². The molecular formula is C13H12ClN3O3. The number of hydrogen-bond donors (Lipinski definition) is 0. The van der Waals surface area contributed by atoms with Crippen LogP contribution in [0.5, 0.6) is 5.75 Å². The van der Waals surface area contributed by atoms with E-state index in [4.69, 9.17) is 21.1 Å². The molecule has 0 N–H and O–H groups in total. The molecule has 1 unspecified atom stereocenters. The quantitative estimate of drug-likeness (QED) is 0.617. The van der Waals surface area contributed by atoms with Crippen LogP contribution in [0.15, 0.2) is 29.2 Å². The fourth-order valence-corrected chi connectivity index (χ4v) is 2.19. The highest BCUT2D eigenvalue weighted by atomic mass is 35.5. The second kappa shape index (κ2) is 4.88. The van der Waals surface area contributed by atoms with E-state index in [1.165, 1.54) is 10.8 Å². The van der Waals surface area contributed by atoms with Crippen molar-refractivity contribution in [2.24, 2.45) is 7.05 Å². The van der Waals surface area contributed by atoms with Crippen LogP contribution in [-0.2, 0) is 11.8 Å². The predicted octanol–water partition coefficient (Wildman–Crippen LogP) is 1.32. The summed E-state index contributed by atoms with van der Waals surface area (Å²) >= 11 is 5.77. The number of fused-ring (bicyclic) bond motifs is 1. The van der Waals surface area contributed by atoms with Gasteiger partial charge in [-0.1, -0.05) is 6.58 Å². The molecule has 2 aromatic rings. The lowest BCUT2D eigenvalue weighted by Crippen LogP contribution is -2.26. The Bertz CT molecular complexity index is 756. The Balaban J connectivity index is 2.08. The molecule has 0 saturated carbocycles. The van der Waals surface area contributed by atoms with Crippen molar-refractivity contribution >= 4 is 22.6 Å². The molecule has 1 aliphatic heterocycles. The monoisotopic (exact) mass is 293 g/mol. The van der Waals surface area contributed by atoms with Crippen molar-refractivity contribution in [2.75, 3.05) is 13.2 Å². The molecule has 0 aliphatic carbocycles. The summed E-state index contributed by atoms with van der Waals surface area (Å²) in [4.78, 5) is 20.2. The van der Waals surface area contributed by atoms with Gasteiger partial charge in [0.25, 0.3) is 5.56 Å². The van der Waals surface area contributed by atoms with Crippen LogP contribution in [0, 0.1) is 0 Å². The van der Waals surface area contributed by atoms with Gasteiger partial charge in [-0.05, 0) is 17.2 Å². The average molecular weight is 294 g/mol. The van der Waals surface area contributed by atoms with Crippen LogP contribution < -0.4 is 10.3 Å². The van der Waals surface area contributed by atoms with Gasteiger partial charge in [-0.2, -0.15) is 0 Å². The number of halogens is 1. The number of hydrogen-bond acceptors (Lipinski definition) is 5. The van der Waals surface area contributed by atoms with Crippen LogP contribution in [0.4, 0.5) is 0 Å². The maximum atomic E-state index is 12.2. The van der Waals surface area contributed by atoms with Gasteiger partial charge in [0, 0.05) is 13.1 Å². The third-order valence-corrected chi connectivity index (χ3v) is 3.38. The van der Waals surface area contributed by atoms with E-state index >= 15 is 0 Å². The molecular weight excluding hydrogens is 282 g/mol. The molecule has 1 saturated heterocycles. The highest BCUT2D eigenvalue weighted by molar-refractivity contribution is 6.28. The van der Waals surface area contributed by atoms with Gasteiger partial charge in [-0.3, -0.25) is 4.79 Å². The zero-order valence-corrected chi connectivity index (χ0v) is 11.6. The summed E-state index contributed by atoms with van der Waals surface area (Å²) in [6.45, 7) is 4.70. The van der Waals surface area contributed by atoms with E-state index in [0.717, 1.165) is 5.57 Å². The second-order valence-corrected chi connectivity index (χ2v) is 4.90. The predicted molar refractivity (Wildman–Crippen MR) is 74.2 cm³/mol. The molecule has 0 amide bonds. The number of rotatable bonds is 2. The molecule has 1 atom stereocenters. The average Bonchev–Trinajstić information content (AvgIpc) is 2.81. The number of ether oxygens (including phenoxy) is 2. The third kappa shape index (κ3) is 2.17. The van der Waals surface area contributed by atoms with Crippen molar-refractivity contribution in [1.82, 2.24) is 14.5 Å². The van der Waals surface area contributed by atoms with Gasteiger partial charge in [0.15, 0.2) is 5.75 Å². The van der Waals surface area contributed by atoms with Gasteiger partial charge in [0.05, 0.1) is 30.4 Å². The van der Waals surface area contributed by atoms with Crippen molar-refractivity contribution in [1.29, 1.82) is 0 Å². The van der Waals surface area contributed by atoms with Gasteiger partial charge >= 0.3 is 0 Å². The molecule has 0 radical (unpaired) electrons. The molecule has 0 bridgehead atoms. The van der Waals surface area contributed by atoms with E-state index in [2.05, 4.69) is 16.5 Å². The van der Waals surface area contributed by atoms with E-state index in [1.54, 1.807) is 13.1 Å². The van der Waals surface area contributed by atoms with Gasteiger partial charge < -0.3 is 14.0 Å². The van der Waals surface area contributed by atoms with Crippen molar-refractivity contribution in [3.63, 3.8) is 0 Å². The van der Waals surface area contributed by atoms with Gasteiger partial charge in [-0.25, -0.2) is 9.97 Å². The summed E-state index contributed by atoms with van der Waals surface area (Å²) in [6.07, 6.45) is 1.20. The zero-order chi connectivity index (χ0) is 14.3. The maximum absolute atomic E-state index is 12.2. The summed E-state index contributed by atoms with van der Waals surface area (Å²) in [7, 11) is 1.63. The van der Waals surface area contributed by atoms with Crippen LogP contribution in [0.1, 0.15) is 0 Å². The van der Waals surface area contributed by atoms with Crippen LogP contribution in [0.2, 0.25) is 5.28 Å². The van der Waals surface area contributed by atoms with Crippen molar-refractivity contribution in [3.05, 3.63) is 40.1 Å². The first-order valence-electron chi connectivity index (χ1n) is 6.00. The summed E-state index contributed by atoms with van der Waals surface area (Å²) < 4.78 is 12.4. The Hall–Kier alpha value is -1.92. The standard InChI is InChI=1S/C13H12ClN3O3/c1-7-5-19-6-11(7)20-10-3-8-9(17(2)12(10)18)4-15-13(14)16-8/h3-4,11H,1,5-6H2,2H3. The molecule has 2 aromatic heterocycles. The topological polar surface area (TPSA) is 66.2 Å². The molecule has 3 heterocycles. The largest absolute Gasteiger partial charge is 0.478 e. The number of nitrogens with zero attached hydrogens (tertiary/aromatic N) is 3. The second-order valence-electron chi connectivity index (χ2n) is 4.56. The number of aromatic nitrogens is 3. The smallest absolute Gasteiger partial charge is 0.293 e. The molecule has 1 aliphatic rings. The fraction of sp³-hybridized carbons (Fsp3) is 0.308. The Kier molecular flexibility index (Phi) is 3.19. The van der Waals surface area contributed by atoms with Gasteiger partial charge in [-0.15, -0.1) is 0 Å². The van der Waals surface area contributed by atoms with Crippen LogP contribution in [0.3, 0.4) is 0 Å². The third-order valence-electron chi connectivity index (χ3n) is 3.19. The first-order valence-corrected chi connectivity index (χ1v) is 6.38. The lowest BCUT2D eigenvalue weighted by Gasteiger charge is -2.14. The number of pyridine rings is 1. The van der Waals surface area contributed by atoms with Crippen molar-refractivity contribution in [3.8, 4) is 5.75 Å². The van der Waals surface area contributed by atoms with Crippen LogP contribution in [-0.4, -0.2) is 33.9 Å². The molecule has 20 heavy (non-hydrogen) atoms. The first kappa shape index (κ1) is 13.1. The summed E-state index contributed by atoms with van der Waals surface area (Å²) in [5, 5.41) is 0.121. The van der Waals surface area contributed by atoms with Gasteiger partial charge in [0.2, 0.25) is 5.28 Å². The molecule has 0 aromatic carbocycles. The minimum atomic E-state index is -0.308. The molecule has 0 spiro atoms. The molecule has 7 heteroatoms. The SMILES string of the molecule is C=C1COCC1Oc1cc2nc(Cl)ncc2n(C)c1=O. The lowest BCUT2D eigenvalue weighted by atomic mass is 10.2. The highest BCUT2D eigenvalue weighted by Crippen LogP contribution is 2.20. The van der Waals surface area contributed by atoms with E-state index < -0.39 is 0 Å². The normalized spacial score (nSPS) is 18.7. The Labute approximate surface area is 119 Å². The van der Waals surface area contributed by atoms with Crippen molar-refractivity contribution in [2.45, 2.75) is 6.10 Å². The number of aryl methyl sites for hydroxylation is 1. The van der Waals surface area contributed by atoms with E-state index in [0.29, 0.717) is 24.2 Å². The lowest BCUT2D eigenvalue weighted by molar-refractivity contribution is 0.141. The van der Waals surface area contributed by atoms with Crippen molar-refractivity contribution < 1.29 is 9.47 Å². The summed E-state index contributed by atoms with van der Waals surface area (Å²) in [6, 6.07) is 1.57. The molecule has 6 nitrogen and oxygen atoms in total. The van der Waals surface area contributed by atoms with Crippen LogP contribution in [0.25, 0.3) is 11.0 Å². The fourth-order valence-electron chi connectivity index (χ4n) is 2.05. The van der Waals surface area contributed by atoms with E-state index in [-0.39, 0.29) is 22.7 Å². The van der Waals surface area contributed by atoms with Gasteiger partial charge in [0.1, 0.15) is 6.10 Å².